The highest BCUT2D eigenvalue weighted by Gasteiger charge is 2.23. The average Bonchev–Trinajstić information content (AvgIpc) is 3.04. The molecule has 2 N–H and O–H groups in total. The van der Waals surface area contributed by atoms with Gasteiger partial charge in [-0.05, 0) is 37.3 Å². The molecule has 0 saturated heterocycles. The number of aromatic carboxylic acids is 1. The Labute approximate surface area is 170 Å². The summed E-state index contributed by atoms with van der Waals surface area (Å²) in [6.07, 6.45) is 1.73. The first-order valence-electron chi connectivity index (χ1n) is 8.60. The Bertz CT molecular complexity index is 1310. The molecule has 9 heteroatoms. The Balaban J connectivity index is 2.13. The fraction of sp³-hybridized carbons (Fsp3) is 0.0952. The minimum Gasteiger partial charge on any atom is -0.494 e. The summed E-state index contributed by atoms with van der Waals surface area (Å²) in [6.45, 7) is 1.76. The molecule has 0 bridgehead atoms. The van der Waals surface area contributed by atoms with Gasteiger partial charge in [0, 0.05) is 23.2 Å². The fourth-order valence-corrected chi connectivity index (χ4v) is 3.09. The van der Waals surface area contributed by atoms with Crippen LogP contribution in [-0.4, -0.2) is 34.2 Å². The molecule has 1 aromatic carbocycles. The second-order valence-electron chi connectivity index (χ2n) is 6.11. The molecule has 0 saturated carbocycles. The highest BCUT2D eigenvalue weighted by molar-refractivity contribution is 6.11. The van der Waals surface area contributed by atoms with Crippen molar-refractivity contribution in [3.8, 4) is 11.8 Å². The first kappa shape index (κ1) is 20.2. The van der Waals surface area contributed by atoms with Gasteiger partial charge in [0.05, 0.1) is 18.2 Å². The van der Waals surface area contributed by atoms with Crippen molar-refractivity contribution in [1.82, 2.24) is 4.40 Å². The largest absolute Gasteiger partial charge is 0.494 e. The van der Waals surface area contributed by atoms with Crippen LogP contribution in [0.25, 0.3) is 5.52 Å². The molecular weight excluding hydrogens is 386 g/mol. The number of hydrogen-bond donors (Lipinski definition) is 2. The molecule has 0 aliphatic heterocycles. The van der Waals surface area contributed by atoms with E-state index in [1.54, 1.807) is 35.5 Å². The third-order valence-corrected chi connectivity index (χ3v) is 4.42. The molecule has 3 rings (SSSR count). The number of allylic oxidation sites excluding steroid dienone is 1. The number of benzene rings is 1. The number of ketones is 1. The van der Waals surface area contributed by atoms with Crippen LogP contribution in [0.1, 0.15) is 32.0 Å². The van der Waals surface area contributed by atoms with Crippen LogP contribution in [0.15, 0.2) is 58.5 Å². The van der Waals surface area contributed by atoms with Gasteiger partial charge >= 0.3 is 5.97 Å². The van der Waals surface area contributed by atoms with Crippen LogP contribution in [0.3, 0.4) is 0 Å². The highest BCUT2D eigenvalue weighted by atomic mass is 16.5. The second kappa shape index (κ2) is 8.22. The van der Waals surface area contributed by atoms with Crippen molar-refractivity contribution < 1.29 is 19.4 Å². The predicted octanol–water partition coefficient (Wildman–Crippen LogP) is 3.93. The first-order chi connectivity index (χ1) is 14.4. The number of aromatic nitrogens is 1. The molecule has 0 radical (unpaired) electrons. The zero-order chi connectivity index (χ0) is 21.8. The number of ether oxygens (including phenoxy) is 1. The van der Waals surface area contributed by atoms with E-state index in [9.17, 15) is 14.7 Å². The van der Waals surface area contributed by atoms with Gasteiger partial charge < -0.3 is 14.2 Å². The van der Waals surface area contributed by atoms with Crippen LogP contribution in [0.5, 0.6) is 5.75 Å². The lowest BCUT2D eigenvalue weighted by molar-refractivity contribution is 0.0697. The van der Waals surface area contributed by atoms with Gasteiger partial charge in [-0.3, -0.25) is 10.2 Å². The Morgan fingerprint density at radius 3 is 2.67 bits per heavy atom. The summed E-state index contributed by atoms with van der Waals surface area (Å²) < 4.78 is 7.13. The molecule has 2 heterocycles. The van der Waals surface area contributed by atoms with Crippen molar-refractivity contribution in [2.45, 2.75) is 6.92 Å². The second-order valence-corrected chi connectivity index (χ2v) is 6.11. The third-order valence-electron chi connectivity index (χ3n) is 4.42. The van der Waals surface area contributed by atoms with E-state index in [4.69, 9.17) is 15.4 Å². The van der Waals surface area contributed by atoms with E-state index in [2.05, 4.69) is 10.2 Å². The third kappa shape index (κ3) is 3.46. The quantitative estimate of drug-likeness (QED) is 0.279. The van der Waals surface area contributed by atoms with E-state index in [0.29, 0.717) is 22.5 Å². The topological polar surface area (TPSA) is 140 Å². The summed E-state index contributed by atoms with van der Waals surface area (Å²) in [4.78, 5) is 24.9. The molecule has 0 aliphatic rings. The van der Waals surface area contributed by atoms with Crippen molar-refractivity contribution in [3.63, 3.8) is 0 Å². The van der Waals surface area contributed by atoms with Crippen LogP contribution >= 0.6 is 0 Å². The van der Waals surface area contributed by atoms with Crippen LogP contribution in [0, 0.1) is 23.7 Å². The summed E-state index contributed by atoms with van der Waals surface area (Å²) in [5, 5.41) is 32.4. The Hall–Kier alpha value is -4.54. The standard InChI is InChI=1S/C21H15N5O4/c1-12-18(26-8-4-3-5-17(26)20(12)30-2)19(27)13-6-7-16(15(9-13)21(28)29)25-24-14(10-22)11-23/h3-9,22H,1-2H3,(H,28,29). The number of carbonyl (C=O) groups excluding carboxylic acids is 1. The summed E-state index contributed by atoms with van der Waals surface area (Å²) in [6, 6.07) is 11.0. The minimum absolute atomic E-state index is 0.0589. The smallest absolute Gasteiger partial charge is 0.337 e. The number of azo groups is 1. The van der Waals surface area contributed by atoms with Gasteiger partial charge in [0.2, 0.25) is 11.5 Å². The summed E-state index contributed by atoms with van der Waals surface area (Å²) >= 11 is 0. The highest BCUT2D eigenvalue weighted by Crippen LogP contribution is 2.32. The average molecular weight is 401 g/mol. The van der Waals surface area contributed by atoms with E-state index in [1.165, 1.54) is 25.3 Å². The predicted molar refractivity (Wildman–Crippen MR) is 107 cm³/mol. The molecule has 2 aromatic heterocycles. The molecule has 0 spiro atoms. The molecular formula is C21H15N5O4. The SMILES string of the molecule is COc1c(C)c(C(=O)c2ccc(N=NC(=C=N)C#N)c(C(=O)O)c2)n2ccccc12. The van der Waals surface area contributed by atoms with E-state index >= 15 is 0 Å². The van der Waals surface area contributed by atoms with Crippen LogP contribution < -0.4 is 4.74 Å². The van der Waals surface area contributed by atoms with Crippen LogP contribution in [-0.2, 0) is 0 Å². The number of methoxy groups -OCH3 is 1. The van der Waals surface area contributed by atoms with E-state index in [-0.39, 0.29) is 22.6 Å². The maximum atomic E-state index is 13.2. The van der Waals surface area contributed by atoms with Gasteiger partial charge in [0.15, 0.2) is 0 Å². The molecule has 0 atom stereocenters. The van der Waals surface area contributed by atoms with Gasteiger partial charge in [0.1, 0.15) is 23.2 Å². The van der Waals surface area contributed by atoms with E-state index in [0.717, 1.165) is 0 Å². The van der Waals surface area contributed by atoms with Gasteiger partial charge in [-0.1, -0.05) is 6.07 Å². The Kier molecular flexibility index (Phi) is 5.54. The van der Waals surface area contributed by atoms with Gasteiger partial charge in [-0.25, -0.2) is 4.79 Å². The van der Waals surface area contributed by atoms with Crippen molar-refractivity contribution in [2.75, 3.05) is 7.11 Å². The number of carboxylic acid groups (broad SMARTS) is 1. The first-order valence-corrected chi connectivity index (χ1v) is 8.60. The van der Waals surface area contributed by atoms with Crippen molar-refractivity contribution >= 4 is 28.8 Å². The molecule has 9 nitrogen and oxygen atoms in total. The van der Waals surface area contributed by atoms with Crippen LogP contribution in [0.4, 0.5) is 5.69 Å². The van der Waals surface area contributed by atoms with Gasteiger partial charge in [0.25, 0.3) is 0 Å². The van der Waals surface area contributed by atoms with Gasteiger partial charge in [-0.15, -0.1) is 10.2 Å². The molecule has 0 fully saturated rings. The number of nitrogens with zero attached hydrogens (tertiary/aromatic N) is 4. The number of carboxylic acids is 1. The monoisotopic (exact) mass is 401 g/mol. The Morgan fingerprint density at radius 1 is 1.27 bits per heavy atom. The number of fused-ring (bicyclic) bond motifs is 1. The van der Waals surface area contributed by atoms with Gasteiger partial charge in [-0.2, -0.15) is 5.26 Å². The number of nitriles is 1. The molecule has 0 amide bonds. The lowest BCUT2D eigenvalue weighted by atomic mass is 10.0. The molecule has 30 heavy (non-hydrogen) atoms. The van der Waals surface area contributed by atoms with Crippen LogP contribution in [0.2, 0.25) is 0 Å². The maximum Gasteiger partial charge on any atom is 0.337 e. The summed E-state index contributed by atoms with van der Waals surface area (Å²) in [7, 11) is 1.52. The van der Waals surface area contributed by atoms with Crippen molar-refractivity contribution in [1.29, 1.82) is 10.7 Å². The number of pyridine rings is 1. The molecule has 0 aliphatic carbocycles. The number of rotatable bonds is 6. The molecule has 0 unspecified atom stereocenters. The minimum atomic E-state index is -1.31. The molecule has 148 valence electrons. The Morgan fingerprint density at radius 2 is 2.03 bits per heavy atom. The van der Waals surface area contributed by atoms with E-state index in [1.807, 2.05) is 12.1 Å². The zero-order valence-electron chi connectivity index (χ0n) is 16.0. The number of nitrogens with one attached hydrogen (secondary N) is 1. The lowest BCUT2D eigenvalue weighted by Crippen LogP contribution is -2.08. The van der Waals surface area contributed by atoms with E-state index < -0.39 is 11.7 Å². The van der Waals surface area contributed by atoms with Crippen molar-refractivity contribution in [2.24, 2.45) is 10.2 Å². The number of hydrogen-bond acceptors (Lipinski definition) is 7. The normalized spacial score (nSPS) is 10.6. The van der Waals surface area contributed by atoms with Crippen molar-refractivity contribution in [3.05, 3.63) is 70.7 Å². The molecule has 3 aromatic rings. The maximum absolute atomic E-state index is 13.2. The summed E-state index contributed by atoms with van der Waals surface area (Å²) in [5.41, 5.74) is 1.11. The zero-order valence-corrected chi connectivity index (χ0v) is 16.0. The number of carbonyl (C=O) groups is 2. The summed E-state index contributed by atoms with van der Waals surface area (Å²) in [5.74, 6) is 0.639. The lowest BCUT2D eigenvalue weighted by Gasteiger charge is -2.06. The fourth-order valence-electron chi connectivity index (χ4n) is 3.09.